The Labute approximate surface area is 401 Å². The summed E-state index contributed by atoms with van der Waals surface area (Å²) in [5.41, 5.74) is 1.27. The lowest BCUT2D eigenvalue weighted by atomic mass is 9.73. The summed E-state index contributed by atoms with van der Waals surface area (Å²) in [7, 11) is 0. The highest BCUT2D eigenvalue weighted by atomic mass is 32.2. The second kappa shape index (κ2) is 22.9. The molecule has 7 atom stereocenters. The van der Waals surface area contributed by atoms with E-state index in [0.29, 0.717) is 32.5 Å². The van der Waals surface area contributed by atoms with Crippen LogP contribution >= 0.6 is 23.5 Å². The van der Waals surface area contributed by atoms with Gasteiger partial charge in [0.1, 0.15) is 24.4 Å². The summed E-state index contributed by atoms with van der Waals surface area (Å²) in [5.74, 6) is -0.792. The second-order valence-corrected chi connectivity index (χ2v) is 22.0. The average Bonchev–Trinajstić information content (AvgIpc) is 3.75. The maximum atomic E-state index is 13.5. The third-order valence-corrected chi connectivity index (χ3v) is 16.3. The van der Waals surface area contributed by atoms with Crippen molar-refractivity contribution in [1.82, 2.24) is 0 Å². The van der Waals surface area contributed by atoms with Gasteiger partial charge in [-0.2, -0.15) is 0 Å². The van der Waals surface area contributed by atoms with E-state index in [1.54, 1.807) is 23.5 Å². The molecule has 4 aromatic rings. The summed E-state index contributed by atoms with van der Waals surface area (Å²) in [5, 5.41) is 13.5. The van der Waals surface area contributed by atoms with Gasteiger partial charge in [0.15, 0.2) is 22.8 Å². The molecule has 3 aliphatic rings. The number of hydrogen-bond donors (Lipinski definition) is 1. The van der Waals surface area contributed by atoms with Crippen molar-refractivity contribution >= 4 is 29.5 Å². The van der Waals surface area contributed by atoms with Crippen molar-refractivity contribution in [2.75, 3.05) is 31.3 Å². The first kappa shape index (κ1) is 50.6. The molecular weight excluding hydrogens is 873 g/mol. The predicted octanol–water partition coefficient (Wildman–Crippen LogP) is 10.3. The number of ether oxygens (including phenoxy) is 8. The van der Waals surface area contributed by atoms with E-state index in [9.17, 15) is 9.90 Å². The number of hydrogen-bond acceptors (Lipinski definition) is 12. The van der Waals surface area contributed by atoms with Gasteiger partial charge in [0.2, 0.25) is 0 Å². The number of aliphatic hydroxyl groups excluding tert-OH is 1. The zero-order chi connectivity index (χ0) is 46.7. The van der Waals surface area contributed by atoms with E-state index in [2.05, 4.69) is 19.1 Å². The van der Waals surface area contributed by atoms with Crippen LogP contribution in [0.5, 0.6) is 0 Å². The van der Waals surface area contributed by atoms with Crippen molar-refractivity contribution in [2.45, 2.75) is 145 Å². The average molecular weight is 943 g/mol. The Balaban J connectivity index is 1.26. The highest BCUT2D eigenvalue weighted by molar-refractivity contribution is 8.18. The van der Waals surface area contributed by atoms with E-state index >= 15 is 0 Å². The van der Waals surface area contributed by atoms with E-state index in [4.69, 9.17) is 37.9 Å². The fourth-order valence-electron chi connectivity index (χ4n) is 9.81. The Morgan fingerprint density at radius 2 is 1.15 bits per heavy atom. The van der Waals surface area contributed by atoms with E-state index in [1.165, 1.54) is 12.5 Å². The van der Waals surface area contributed by atoms with E-state index < -0.39 is 45.2 Å². The molecule has 3 heterocycles. The Morgan fingerprint density at radius 1 is 0.682 bits per heavy atom. The van der Waals surface area contributed by atoms with Crippen LogP contribution in [0.15, 0.2) is 121 Å². The maximum absolute atomic E-state index is 13.5. The minimum Gasteiger partial charge on any atom is -0.462 e. The van der Waals surface area contributed by atoms with Gasteiger partial charge in [-0.15, -0.1) is 23.5 Å². The van der Waals surface area contributed by atoms with Crippen molar-refractivity contribution < 1.29 is 47.8 Å². The molecule has 0 unspecified atom stereocenters. The van der Waals surface area contributed by atoms with Gasteiger partial charge in [0, 0.05) is 6.92 Å². The van der Waals surface area contributed by atoms with Crippen LogP contribution in [0.3, 0.4) is 0 Å². The second-order valence-electron chi connectivity index (χ2n) is 18.9. The van der Waals surface area contributed by atoms with E-state index in [1.807, 2.05) is 137 Å². The van der Waals surface area contributed by atoms with Crippen LogP contribution in [0.2, 0.25) is 0 Å². The maximum Gasteiger partial charge on any atom is 0.302 e. The first-order valence-electron chi connectivity index (χ1n) is 23.5. The molecule has 0 bridgehead atoms. The highest BCUT2D eigenvalue weighted by Gasteiger charge is 2.75. The van der Waals surface area contributed by atoms with Gasteiger partial charge < -0.3 is 43.0 Å². The number of carbonyl (C=O) groups excluding carboxylic acids is 1. The summed E-state index contributed by atoms with van der Waals surface area (Å²) in [6.45, 7) is 12.2. The van der Waals surface area contributed by atoms with Crippen molar-refractivity contribution in [2.24, 2.45) is 5.92 Å². The van der Waals surface area contributed by atoms with Crippen LogP contribution in [0.4, 0.5) is 0 Å². The molecule has 0 aliphatic carbocycles. The van der Waals surface area contributed by atoms with Gasteiger partial charge in [-0.3, -0.25) is 4.79 Å². The number of carbonyl (C=O) groups is 1. The molecule has 3 saturated heterocycles. The lowest BCUT2D eigenvalue weighted by Gasteiger charge is -2.52. The molecule has 12 heteroatoms. The van der Waals surface area contributed by atoms with Gasteiger partial charge in [-0.05, 0) is 99.5 Å². The molecule has 7 rings (SSSR count). The first-order chi connectivity index (χ1) is 31.7. The minimum absolute atomic E-state index is 0.0126. The van der Waals surface area contributed by atoms with Crippen molar-refractivity contribution in [1.29, 1.82) is 0 Å². The van der Waals surface area contributed by atoms with Crippen LogP contribution in [0.25, 0.3) is 0 Å². The molecule has 4 aromatic carbocycles. The van der Waals surface area contributed by atoms with Gasteiger partial charge in [0.25, 0.3) is 0 Å². The number of rotatable bonds is 23. The van der Waals surface area contributed by atoms with E-state index in [-0.39, 0.29) is 44.4 Å². The summed E-state index contributed by atoms with van der Waals surface area (Å²) >= 11 is 3.55. The molecule has 358 valence electrons. The molecule has 10 nitrogen and oxygen atoms in total. The number of aliphatic hydroxyl groups is 1. The Bertz CT molecular complexity index is 2070. The van der Waals surface area contributed by atoms with Gasteiger partial charge in [-0.1, -0.05) is 128 Å². The van der Waals surface area contributed by atoms with Crippen LogP contribution in [0, 0.1) is 5.92 Å². The van der Waals surface area contributed by atoms with Crippen LogP contribution < -0.4 is 0 Å². The number of esters is 1. The van der Waals surface area contributed by atoms with Crippen LogP contribution in [-0.2, 0) is 68.9 Å². The molecule has 0 radical (unpaired) electrons. The summed E-state index contributed by atoms with van der Waals surface area (Å²) < 4.78 is 54.1. The number of benzene rings is 4. The topological polar surface area (TPSA) is 111 Å². The Hall–Kier alpha value is -3.27. The normalized spacial score (nSPS) is 25.8. The molecule has 0 aromatic heterocycles. The molecular formula is C54H70O10S2. The van der Waals surface area contributed by atoms with Gasteiger partial charge >= 0.3 is 5.97 Å². The summed E-state index contributed by atoms with van der Waals surface area (Å²) in [4.78, 5) is 12.5. The monoisotopic (exact) mass is 942 g/mol. The molecule has 1 N–H and O–H groups in total. The molecule has 0 amide bonds. The fraction of sp³-hybridized carbons (Fsp3) is 0.537. The molecule has 0 spiro atoms. The Kier molecular flexibility index (Phi) is 17.6. The summed E-state index contributed by atoms with van der Waals surface area (Å²) in [6.07, 6.45) is 0.650. The zero-order valence-electron chi connectivity index (χ0n) is 39.6. The van der Waals surface area contributed by atoms with Crippen molar-refractivity contribution in [3.8, 4) is 0 Å². The van der Waals surface area contributed by atoms with Crippen molar-refractivity contribution in [3.05, 3.63) is 144 Å². The van der Waals surface area contributed by atoms with Crippen molar-refractivity contribution in [3.63, 3.8) is 0 Å². The SMILES string of the molecule is CC(=O)O[C@H](CCCC1([C@H](O)[C@H]2OC(C)(C)O[C@]2(COCc2ccccc2)[C@@]2(COCc3ccccc3)OC(C)(C)O[C@@H]2COCc2ccccc2)SCCCS1)[C@H](C)Cc1ccccc1. The molecule has 3 aliphatic heterocycles. The third kappa shape index (κ3) is 12.7. The first-order valence-corrected chi connectivity index (χ1v) is 25.5. The highest BCUT2D eigenvalue weighted by Crippen LogP contribution is 2.58. The largest absolute Gasteiger partial charge is 0.462 e. The third-order valence-electron chi connectivity index (χ3n) is 12.7. The lowest BCUT2D eigenvalue weighted by Crippen LogP contribution is -2.73. The molecule has 66 heavy (non-hydrogen) atoms. The Morgan fingerprint density at radius 3 is 1.68 bits per heavy atom. The van der Waals surface area contributed by atoms with Crippen LogP contribution in [-0.4, -0.2) is 93.7 Å². The van der Waals surface area contributed by atoms with E-state index in [0.717, 1.165) is 41.0 Å². The van der Waals surface area contributed by atoms with Crippen LogP contribution in [0.1, 0.15) is 89.5 Å². The fourth-order valence-corrected chi connectivity index (χ4v) is 13.3. The standard InChI is InChI=1S/C54H70O10S2/c1-40(33-42-21-11-7-12-22-42)46(60-41(2)55)29-19-30-54(65-31-20-32-66-54)48(56)49-53(64-51(5,6)62-49,39-59-36-45-27-17-10-18-28-45)52(38-58-35-44-25-15-9-16-26-44)47(61-50(3,4)63-52)37-57-34-43-23-13-8-14-24-43/h7-18,21-28,40,46-49,56H,19-20,29-39H2,1-6H3/t40-,46-,47-,48-,49-,52+,53+/m1/s1. The predicted molar refractivity (Wildman–Crippen MR) is 261 cm³/mol. The molecule has 0 saturated carbocycles. The summed E-state index contributed by atoms with van der Waals surface area (Å²) in [6, 6.07) is 40.4. The van der Waals surface area contributed by atoms with Gasteiger partial charge in [0.05, 0.1) is 43.7 Å². The molecule has 3 fully saturated rings. The smallest absolute Gasteiger partial charge is 0.302 e. The quantitative estimate of drug-likeness (QED) is 0.0715. The number of thioether (sulfide) groups is 2. The van der Waals surface area contributed by atoms with Gasteiger partial charge in [-0.25, -0.2) is 0 Å². The minimum atomic E-state index is -1.51. The lowest BCUT2D eigenvalue weighted by molar-refractivity contribution is -0.275. The zero-order valence-corrected chi connectivity index (χ0v) is 41.2.